The van der Waals surface area contributed by atoms with E-state index in [1.165, 1.54) is 10.4 Å². The fraction of sp³-hybridized carbons (Fsp3) is 0.467. The molecule has 0 radical (unpaired) electrons. The molecule has 1 atom stereocenters. The van der Waals surface area contributed by atoms with Crippen LogP contribution in [0.2, 0.25) is 0 Å². The van der Waals surface area contributed by atoms with Crippen molar-refractivity contribution in [1.29, 1.82) is 0 Å². The van der Waals surface area contributed by atoms with Crippen LogP contribution in [0.15, 0.2) is 36.0 Å². The first kappa shape index (κ1) is 13.4. The lowest BCUT2D eigenvalue weighted by atomic mass is 9.99. The molecule has 2 aromatic rings. The van der Waals surface area contributed by atoms with E-state index in [1.54, 1.807) is 0 Å². The third-order valence-corrected chi connectivity index (χ3v) is 4.24. The number of hydrogen-bond donors (Lipinski definition) is 1. The van der Waals surface area contributed by atoms with Gasteiger partial charge in [0.2, 0.25) is 0 Å². The van der Waals surface area contributed by atoms with Gasteiger partial charge in [-0.25, -0.2) is 0 Å². The SMILES string of the molecule is CNC(c1ccn(CCc2cccs2)c1)C(C)C. The molecule has 0 amide bonds. The Balaban J connectivity index is 1.97. The minimum absolute atomic E-state index is 0.452. The number of aryl methyl sites for hydroxylation is 2. The summed E-state index contributed by atoms with van der Waals surface area (Å²) in [7, 11) is 2.04. The van der Waals surface area contributed by atoms with Crippen molar-refractivity contribution in [2.75, 3.05) is 7.05 Å². The number of aromatic nitrogens is 1. The second kappa shape index (κ2) is 6.21. The van der Waals surface area contributed by atoms with Gasteiger partial charge in [0.15, 0.2) is 0 Å². The van der Waals surface area contributed by atoms with Gasteiger partial charge in [-0.1, -0.05) is 19.9 Å². The van der Waals surface area contributed by atoms with E-state index < -0.39 is 0 Å². The molecule has 2 rings (SSSR count). The molecule has 18 heavy (non-hydrogen) atoms. The molecule has 0 saturated carbocycles. The summed E-state index contributed by atoms with van der Waals surface area (Å²) < 4.78 is 2.29. The van der Waals surface area contributed by atoms with E-state index in [0.29, 0.717) is 12.0 Å². The lowest BCUT2D eigenvalue weighted by Crippen LogP contribution is -2.21. The monoisotopic (exact) mass is 262 g/mol. The van der Waals surface area contributed by atoms with Crippen molar-refractivity contribution in [2.45, 2.75) is 32.9 Å². The number of nitrogens with one attached hydrogen (secondary N) is 1. The number of rotatable bonds is 6. The van der Waals surface area contributed by atoms with Crippen LogP contribution < -0.4 is 5.32 Å². The van der Waals surface area contributed by atoms with Gasteiger partial charge in [0.25, 0.3) is 0 Å². The molecular weight excluding hydrogens is 240 g/mol. The molecule has 0 aliphatic heterocycles. The maximum atomic E-state index is 3.39. The molecule has 2 heterocycles. The minimum Gasteiger partial charge on any atom is -0.354 e. The molecule has 0 bridgehead atoms. The zero-order chi connectivity index (χ0) is 13.0. The summed E-state index contributed by atoms with van der Waals surface area (Å²) in [5.74, 6) is 0.614. The Morgan fingerprint density at radius 2 is 2.17 bits per heavy atom. The Labute approximate surface area is 114 Å². The Morgan fingerprint density at radius 1 is 1.33 bits per heavy atom. The van der Waals surface area contributed by atoms with Gasteiger partial charge in [0.1, 0.15) is 0 Å². The van der Waals surface area contributed by atoms with Crippen molar-refractivity contribution in [3.8, 4) is 0 Å². The summed E-state index contributed by atoms with van der Waals surface area (Å²) in [6, 6.07) is 7.01. The molecule has 2 aromatic heterocycles. The van der Waals surface area contributed by atoms with Crippen molar-refractivity contribution < 1.29 is 0 Å². The average molecular weight is 262 g/mol. The van der Waals surface area contributed by atoms with Crippen molar-refractivity contribution in [1.82, 2.24) is 9.88 Å². The Bertz CT molecular complexity index is 457. The van der Waals surface area contributed by atoms with Crippen LogP contribution in [0.4, 0.5) is 0 Å². The molecule has 0 aliphatic rings. The quantitative estimate of drug-likeness (QED) is 0.840. The van der Waals surface area contributed by atoms with Crippen LogP contribution in [0.25, 0.3) is 0 Å². The van der Waals surface area contributed by atoms with Crippen molar-refractivity contribution in [2.24, 2.45) is 5.92 Å². The molecule has 0 saturated heterocycles. The van der Waals surface area contributed by atoms with Gasteiger partial charge in [-0.15, -0.1) is 11.3 Å². The van der Waals surface area contributed by atoms with Crippen molar-refractivity contribution >= 4 is 11.3 Å². The highest BCUT2D eigenvalue weighted by Gasteiger charge is 2.14. The second-order valence-electron chi connectivity index (χ2n) is 5.02. The molecule has 1 unspecified atom stereocenters. The van der Waals surface area contributed by atoms with E-state index in [4.69, 9.17) is 0 Å². The molecule has 98 valence electrons. The molecule has 0 spiro atoms. The number of nitrogens with zero attached hydrogens (tertiary/aromatic N) is 1. The molecule has 0 aliphatic carbocycles. The van der Waals surface area contributed by atoms with Gasteiger partial charge in [-0.3, -0.25) is 0 Å². The zero-order valence-electron chi connectivity index (χ0n) is 11.4. The van der Waals surface area contributed by atoms with Gasteiger partial charge < -0.3 is 9.88 Å². The van der Waals surface area contributed by atoms with Crippen LogP contribution in [0.1, 0.15) is 30.3 Å². The van der Waals surface area contributed by atoms with E-state index >= 15 is 0 Å². The van der Waals surface area contributed by atoms with Crippen LogP contribution in [-0.4, -0.2) is 11.6 Å². The van der Waals surface area contributed by atoms with Gasteiger partial charge in [-0.2, -0.15) is 0 Å². The fourth-order valence-electron chi connectivity index (χ4n) is 2.36. The molecule has 1 N–H and O–H groups in total. The third-order valence-electron chi connectivity index (χ3n) is 3.31. The highest BCUT2D eigenvalue weighted by atomic mass is 32.1. The largest absolute Gasteiger partial charge is 0.354 e. The molecular formula is C15H22N2S. The van der Waals surface area contributed by atoms with Crippen LogP contribution >= 0.6 is 11.3 Å². The normalized spacial score (nSPS) is 13.1. The molecule has 0 aromatic carbocycles. The predicted octanol–water partition coefficient (Wildman–Crippen LogP) is 3.71. The van der Waals surface area contributed by atoms with Gasteiger partial charge >= 0.3 is 0 Å². The van der Waals surface area contributed by atoms with Crippen LogP contribution in [-0.2, 0) is 13.0 Å². The Morgan fingerprint density at radius 3 is 2.78 bits per heavy atom. The van der Waals surface area contributed by atoms with E-state index in [-0.39, 0.29) is 0 Å². The van der Waals surface area contributed by atoms with Crippen molar-refractivity contribution in [3.05, 3.63) is 46.4 Å². The molecule has 0 fully saturated rings. The fourth-order valence-corrected chi connectivity index (χ4v) is 3.06. The molecule has 2 nitrogen and oxygen atoms in total. The predicted molar refractivity (Wildman–Crippen MR) is 79.1 cm³/mol. The van der Waals surface area contributed by atoms with E-state index in [2.05, 4.69) is 59.7 Å². The highest BCUT2D eigenvalue weighted by molar-refractivity contribution is 7.09. The molecule has 3 heteroatoms. The number of thiophene rings is 1. The summed E-state index contributed by atoms with van der Waals surface area (Å²) in [5, 5.41) is 5.53. The van der Waals surface area contributed by atoms with Gasteiger partial charge in [0, 0.05) is 29.9 Å². The first-order valence-corrected chi connectivity index (χ1v) is 7.44. The van der Waals surface area contributed by atoms with Crippen LogP contribution in [0.3, 0.4) is 0 Å². The van der Waals surface area contributed by atoms with Crippen LogP contribution in [0, 0.1) is 5.92 Å². The first-order chi connectivity index (χ1) is 8.70. The summed E-state index contributed by atoms with van der Waals surface area (Å²) >= 11 is 1.84. The summed E-state index contributed by atoms with van der Waals surface area (Å²) in [6.07, 6.45) is 5.59. The van der Waals surface area contributed by atoms with E-state index in [0.717, 1.165) is 13.0 Å². The lowest BCUT2D eigenvalue weighted by molar-refractivity contribution is 0.442. The Kier molecular flexibility index (Phi) is 4.61. The standard InChI is InChI=1S/C15H22N2S/c1-12(2)15(16-3)13-6-8-17(11-13)9-7-14-5-4-10-18-14/h4-6,8,10-12,15-16H,7,9H2,1-3H3. The van der Waals surface area contributed by atoms with Gasteiger partial charge in [-0.05, 0) is 42.5 Å². The van der Waals surface area contributed by atoms with E-state index in [1.807, 2.05) is 18.4 Å². The number of hydrogen-bond acceptors (Lipinski definition) is 2. The topological polar surface area (TPSA) is 17.0 Å². The maximum Gasteiger partial charge on any atom is 0.0355 e. The first-order valence-electron chi connectivity index (χ1n) is 6.56. The second-order valence-corrected chi connectivity index (χ2v) is 6.05. The maximum absolute atomic E-state index is 3.39. The minimum atomic E-state index is 0.452. The smallest absolute Gasteiger partial charge is 0.0355 e. The highest BCUT2D eigenvalue weighted by Crippen LogP contribution is 2.21. The summed E-state index contributed by atoms with van der Waals surface area (Å²) in [4.78, 5) is 1.46. The zero-order valence-corrected chi connectivity index (χ0v) is 12.2. The van der Waals surface area contributed by atoms with E-state index in [9.17, 15) is 0 Å². The lowest BCUT2D eigenvalue weighted by Gasteiger charge is -2.18. The van der Waals surface area contributed by atoms with Gasteiger partial charge in [0.05, 0.1) is 0 Å². The summed E-state index contributed by atoms with van der Waals surface area (Å²) in [5.41, 5.74) is 1.39. The van der Waals surface area contributed by atoms with Crippen LogP contribution in [0.5, 0.6) is 0 Å². The third kappa shape index (κ3) is 3.24. The average Bonchev–Trinajstić information content (AvgIpc) is 2.97. The summed E-state index contributed by atoms with van der Waals surface area (Å²) in [6.45, 7) is 5.57. The Hall–Kier alpha value is -1.06. The van der Waals surface area contributed by atoms with Crippen molar-refractivity contribution in [3.63, 3.8) is 0 Å².